The smallest absolute Gasteiger partial charge is 0.240 e. The summed E-state index contributed by atoms with van der Waals surface area (Å²) in [4.78, 5) is 13.6. The van der Waals surface area contributed by atoms with Crippen molar-refractivity contribution in [3.05, 3.63) is 59.4 Å². The van der Waals surface area contributed by atoms with E-state index in [9.17, 15) is 17.6 Å². The number of hydrogen-bond acceptors (Lipinski definition) is 3. The molecular weight excluding hydrogens is 355 g/mol. The molecule has 138 valence electrons. The molecule has 0 saturated heterocycles. The van der Waals surface area contributed by atoms with Gasteiger partial charge in [0.25, 0.3) is 0 Å². The number of halogens is 1. The van der Waals surface area contributed by atoms with Gasteiger partial charge in [0.2, 0.25) is 15.9 Å². The largest absolute Gasteiger partial charge is 0.311 e. The van der Waals surface area contributed by atoms with Crippen LogP contribution in [0.25, 0.3) is 0 Å². The van der Waals surface area contributed by atoms with Gasteiger partial charge in [-0.05, 0) is 41.5 Å². The molecule has 0 radical (unpaired) electrons. The van der Waals surface area contributed by atoms with Crippen molar-refractivity contribution < 1.29 is 17.6 Å². The van der Waals surface area contributed by atoms with Gasteiger partial charge in [-0.15, -0.1) is 0 Å². The molecular formula is C19H21FN2O3S. The topological polar surface area (TPSA) is 66.5 Å². The Labute approximate surface area is 152 Å². The second kappa shape index (κ2) is 6.48. The number of sulfonamides is 1. The predicted molar refractivity (Wildman–Crippen MR) is 97.9 cm³/mol. The Kier molecular flexibility index (Phi) is 4.62. The molecule has 2 aromatic carbocycles. The van der Waals surface area contributed by atoms with E-state index in [0.717, 1.165) is 11.3 Å². The summed E-state index contributed by atoms with van der Waals surface area (Å²) in [5.74, 6) is -0.436. The van der Waals surface area contributed by atoms with Gasteiger partial charge < -0.3 is 4.90 Å². The highest BCUT2D eigenvalue weighted by Gasteiger charge is 2.37. The van der Waals surface area contributed by atoms with Crippen molar-refractivity contribution >= 4 is 21.6 Å². The van der Waals surface area contributed by atoms with E-state index >= 15 is 0 Å². The van der Waals surface area contributed by atoms with Crippen molar-refractivity contribution in [2.45, 2.75) is 37.6 Å². The molecule has 2 aromatic rings. The van der Waals surface area contributed by atoms with E-state index in [1.165, 1.54) is 37.3 Å². The molecule has 0 aromatic heterocycles. The lowest BCUT2D eigenvalue weighted by Gasteiger charge is -2.19. The third-order valence-corrected chi connectivity index (χ3v) is 6.01. The van der Waals surface area contributed by atoms with Crippen molar-refractivity contribution in [3.8, 4) is 0 Å². The summed E-state index contributed by atoms with van der Waals surface area (Å²) in [5, 5.41) is 0. The first-order chi connectivity index (χ1) is 12.1. The van der Waals surface area contributed by atoms with Crippen LogP contribution >= 0.6 is 0 Å². The van der Waals surface area contributed by atoms with Crippen molar-refractivity contribution in [1.29, 1.82) is 0 Å². The summed E-state index contributed by atoms with van der Waals surface area (Å²) in [6.07, 6.45) is 0. The highest BCUT2D eigenvalue weighted by atomic mass is 32.2. The van der Waals surface area contributed by atoms with Gasteiger partial charge in [-0.25, -0.2) is 17.5 Å². The van der Waals surface area contributed by atoms with Crippen LogP contribution in [-0.2, 0) is 26.8 Å². The maximum absolute atomic E-state index is 12.9. The molecule has 26 heavy (non-hydrogen) atoms. The minimum absolute atomic E-state index is 0.0677. The minimum atomic E-state index is -3.73. The Morgan fingerprint density at radius 2 is 1.85 bits per heavy atom. The second-order valence-corrected chi connectivity index (χ2v) is 8.89. The Bertz CT molecular complexity index is 953. The van der Waals surface area contributed by atoms with Crippen LogP contribution in [-0.4, -0.2) is 20.9 Å². The Morgan fingerprint density at radius 3 is 2.46 bits per heavy atom. The molecule has 1 aliphatic rings. The molecule has 0 atom stereocenters. The molecule has 1 amide bonds. The SMILES string of the molecule is CC(=O)N1CC(C)(C)c2cc(S(=O)(=O)NCc3ccc(F)cc3)ccc21. The maximum Gasteiger partial charge on any atom is 0.240 e. The number of carbonyl (C=O) groups excluding carboxylic acids is 1. The number of rotatable bonds is 4. The predicted octanol–water partition coefficient (Wildman–Crippen LogP) is 2.95. The molecule has 0 aliphatic carbocycles. The summed E-state index contributed by atoms with van der Waals surface area (Å²) in [6, 6.07) is 10.5. The van der Waals surface area contributed by atoms with Crippen LogP contribution in [0.1, 0.15) is 31.9 Å². The lowest BCUT2D eigenvalue weighted by Crippen LogP contribution is -2.31. The molecule has 1 N–H and O–H groups in total. The van der Waals surface area contributed by atoms with Crippen LogP contribution in [0.3, 0.4) is 0 Å². The lowest BCUT2D eigenvalue weighted by molar-refractivity contribution is -0.116. The Balaban J connectivity index is 1.87. The molecule has 0 fully saturated rings. The summed E-state index contributed by atoms with van der Waals surface area (Å²) in [5.41, 5.74) is 1.92. The van der Waals surface area contributed by atoms with Crippen molar-refractivity contribution in [2.75, 3.05) is 11.4 Å². The summed E-state index contributed by atoms with van der Waals surface area (Å²) < 4.78 is 40.7. The van der Waals surface area contributed by atoms with E-state index in [1.54, 1.807) is 17.0 Å². The van der Waals surface area contributed by atoms with E-state index in [-0.39, 0.29) is 28.6 Å². The van der Waals surface area contributed by atoms with Crippen molar-refractivity contribution in [2.24, 2.45) is 0 Å². The molecule has 0 bridgehead atoms. The molecule has 1 aliphatic heterocycles. The summed E-state index contributed by atoms with van der Waals surface area (Å²) in [6.45, 7) is 6.06. The highest BCUT2D eigenvalue weighted by molar-refractivity contribution is 7.89. The number of hydrogen-bond donors (Lipinski definition) is 1. The molecule has 5 nitrogen and oxygen atoms in total. The third kappa shape index (κ3) is 3.50. The number of nitrogens with one attached hydrogen (secondary N) is 1. The zero-order valence-electron chi connectivity index (χ0n) is 14.9. The van der Waals surface area contributed by atoms with Gasteiger partial charge in [-0.3, -0.25) is 4.79 Å². The monoisotopic (exact) mass is 376 g/mol. The first kappa shape index (κ1) is 18.5. The van der Waals surface area contributed by atoms with Gasteiger partial charge in [0, 0.05) is 31.1 Å². The zero-order chi connectivity index (χ0) is 19.1. The highest BCUT2D eigenvalue weighted by Crippen LogP contribution is 2.41. The quantitative estimate of drug-likeness (QED) is 0.892. The fourth-order valence-electron chi connectivity index (χ4n) is 3.17. The van der Waals surface area contributed by atoms with Crippen LogP contribution < -0.4 is 9.62 Å². The van der Waals surface area contributed by atoms with Crippen LogP contribution in [0.4, 0.5) is 10.1 Å². The zero-order valence-corrected chi connectivity index (χ0v) is 15.7. The lowest BCUT2D eigenvalue weighted by atomic mass is 9.87. The molecule has 3 rings (SSSR count). The van der Waals surface area contributed by atoms with E-state index < -0.39 is 10.0 Å². The summed E-state index contributed by atoms with van der Waals surface area (Å²) in [7, 11) is -3.73. The minimum Gasteiger partial charge on any atom is -0.311 e. The standard InChI is InChI=1S/C19H21FN2O3S/c1-13(23)22-12-19(2,3)17-10-16(8-9-18(17)22)26(24,25)21-11-14-4-6-15(20)7-5-14/h4-10,21H,11-12H2,1-3H3. The average molecular weight is 376 g/mol. The fourth-order valence-corrected chi connectivity index (χ4v) is 4.21. The van der Waals surface area contributed by atoms with Gasteiger partial charge >= 0.3 is 0 Å². The van der Waals surface area contributed by atoms with E-state index in [0.29, 0.717) is 12.1 Å². The van der Waals surface area contributed by atoms with E-state index in [4.69, 9.17) is 0 Å². The first-order valence-corrected chi connectivity index (χ1v) is 9.75. The maximum atomic E-state index is 12.9. The molecule has 0 saturated carbocycles. The number of fused-ring (bicyclic) bond motifs is 1. The second-order valence-electron chi connectivity index (χ2n) is 7.12. The Hall–Kier alpha value is -2.25. The van der Waals surface area contributed by atoms with Gasteiger partial charge in [0.1, 0.15) is 5.82 Å². The average Bonchev–Trinajstić information content (AvgIpc) is 2.86. The van der Waals surface area contributed by atoms with Crippen molar-refractivity contribution in [3.63, 3.8) is 0 Å². The number of nitrogens with zero attached hydrogens (tertiary/aromatic N) is 1. The number of benzene rings is 2. The van der Waals surface area contributed by atoms with Gasteiger partial charge in [-0.1, -0.05) is 26.0 Å². The van der Waals surface area contributed by atoms with Crippen LogP contribution in [0.2, 0.25) is 0 Å². The van der Waals surface area contributed by atoms with Crippen LogP contribution in [0.5, 0.6) is 0 Å². The van der Waals surface area contributed by atoms with Crippen molar-refractivity contribution in [1.82, 2.24) is 4.72 Å². The molecule has 0 spiro atoms. The van der Waals surface area contributed by atoms with Gasteiger partial charge in [-0.2, -0.15) is 0 Å². The molecule has 0 unspecified atom stereocenters. The first-order valence-electron chi connectivity index (χ1n) is 8.27. The molecule has 1 heterocycles. The van der Waals surface area contributed by atoms with Crippen LogP contribution in [0, 0.1) is 5.82 Å². The van der Waals surface area contributed by atoms with Crippen LogP contribution in [0.15, 0.2) is 47.4 Å². The number of amides is 1. The normalized spacial score (nSPS) is 15.8. The number of anilines is 1. The van der Waals surface area contributed by atoms with E-state index in [1.807, 2.05) is 13.8 Å². The number of carbonyl (C=O) groups is 1. The van der Waals surface area contributed by atoms with Gasteiger partial charge in [0.05, 0.1) is 4.90 Å². The summed E-state index contributed by atoms with van der Waals surface area (Å²) >= 11 is 0. The third-order valence-electron chi connectivity index (χ3n) is 4.61. The fraction of sp³-hybridized carbons (Fsp3) is 0.316. The van der Waals surface area contributed by atoms with Gasteiger partial charge in [0.15, 0.2) is 0 Å². The molecule has 7 heteroatoms. The van der Waals surface area contributed by atoms with E-state index in [2.05, 4.69) is 4.72 Å². The Morgan fingerprint density at radius 1 is 1.19 bits per heavy atom.